The zero-order valence-corrected chi connectivity index (χ0v) is 9.32. The molecule has 0 bridgehead atoms. The van der Waals surface area contributed by atoms with Crippen molar-refractivity contribution in [3.8, 4) is 5.75 Å². The molecule has 2 rings (SSSR count). The van der Waals surface area contributed by atoms with Gasteiger partial charge in [-0.25, -0.2) is 0 Å². The first-order valence-electron chi connectivity index (χ1n) is 4.52. The van der Waals surface area contributed by atoms with Crippen molar-refractivity contribution >= 4 is 23.2 Å². The van der Waals surface area contributed by atoms with Crippen LogP contribution in [-0.4, -0.2) is 13.7 Å². The zero-order chi connectivity index (χ0) is 10.1. The molecule has 1 heterocycles. The second-order valence-corrected chi connectivity index (χ2v) is 4.04. The van der Waals surface area contributed by atoms with Crippen molar-refractivity contribution in [3.63, 3.8) is 0 Å². The molecule has 1 aliphatic heterocycles. The molecule has 1 aromatic rings. The molecule has 1 unspecified atom stereocenters. The Labute approximate surface area is 93.2 Å². The summed E-state index contributed by atoms with van der Waals surface area (Å²) in [6.45, 7) is 0.679. The number of ether oxygens (including phenoxy) is 1. The number of hydrogen-bond donors (Lipinski definition) is 1. The first-order chi connectivity index (χ1) is 6.74. The second kappa shape index (κ2) is 3.97. The third kappa shape index (κ3) is 1.58. The molecule has 0 amide bonds. The van der Waals surface area contributed by atoms with E-state index >= 15 is 0 Å². The van der Waals surface area contributed by atoms with Crippen molar-refractivity contribution in [2.75, 3.05) is 13.7 Å². The number of nitrogens with one attached hydrogen (secondary N) is 1. The highest BCUT2D eigenvalue weighted by molar-refractivity contribution is 6.43. The van der Waals surface area contributed by atoms with E-state index < -0.39 is 0 Å². The minimum atomic E-state index is 0.313. The lowest BCUT2D eigenvalue weighted by atomic mass is 10.0. The maximum atomic E-state index is 6.05. The highest BCUT2D eigenvalue weighted by Crippen LogP contribution is 2.41. The van der Waals surface area contributed by atoms with Crippen molar-refractivity contribution in [1.82, 2.24) is 5.32 Å². The molecule has 0 spiro atoms. The lowest BCUT2D eigenvalue weighted by molar-refractivity contribution is 0.257. The standard InChI is InChI=1S/C10H11Cl2NO/c1-13-8-4-5-14-10-6(8)2-3-7(11)9(10)12/h2-3,8,13H,4-5H2,1H3. The predicted molar refractivity (Wildman–Crippen MR) is 58.4 cm³/mol. The van der Waals surface area contributed by atoms with Crippen LogP contribution < -0.4 is 10.1 Å². The molecular formula is C10H11Cl2NO. The molecule has 0 radical (unpaired) electrons. The summed E-state index contributed by atoms with van der Waals surface area (Å²) >= 11 is 12.0. The largest absolute Gasteiger partial charge is 0.492 e. The fourth-order valence-corrected chi connectivity index (χ4v) is 2.08. The van der Waals surface area contributed by atoms with Crippen LogP contribution in [0, 0.1) is 0 Å². The van der Waals surface area contributed by atoms with Gasteiger partial charge in [0.15, 0.2) is 0 Å². The first kappa shape index (κ1) is 10.1. The SMILES string of the molecule is CNC1CCOc2c1ccc(Cl)c2Cl. The summed E-state index contributed by atoms with van der Waals surface area (Å²) in [6.07, 6.45) is 0.960. The molecule has 1 N–H and O–H groups in total. The molecular weight excluding hydrogens is 221 g/mol. The molecule has 0 aliphatic carbocycles. The van der Waals surface area contributed by atoms with Gasteiger partial charge in [0, 0.05) is 18.0 Å². The molecule has 1 aliphatic rings. The second-order valence-electron chi connectivity index (χ2n) is 3.26. The number of hydrogen-bond acceptors (Lipinski definition) is 2. The Morgan fingerprint density at radius 3 is 2.93 bits per heavy atom. The van der Waals surface area contributed by atoms with E-state index in [9.17, 15) is 0 Å². The highest BCUT2D eigenvalue weighted by Gasteiger charge is 2.23. The van der Waals surface area contributed by atoms with Crippen LogP contribution in [0.5, 0.6) is 5.75 Å². The van der Waals surface area contributed by atoms with Crippen LogP contribution in [0.3, 0.4) is 0 Å². The minimum Gasteiger partial charge on any atom is -0.492 e. The molecule has 0 saturated carbocycles. The Bertz CT molecular complexity index is 354. The van der Waals surface area contributed by atoms with E-state index in [0.29, 0.717) is 22.7 Å². The smallest absolute Gasteiger partial charge is 0.144 e. The Kier molecular flexibility index (Phi) is 2.86. The van der Waals surface area contributed by atoms with Gasteiger partial charge in [0.2, 0.25) is 0 Å². The Balaban J connectivity index is 2.50. The monoisotopic (exact) mass is 231 g/mol. The first-order valence-corrected chi connectivity index (χ1v) is 5.27. The van der Waals surface area contributed by atoms with E-state index in [0.717, 1.165) is 17.7 Å². The van der Waals surface area contributed by atoms with Crippen LogP contribution in [0.1, 0.15) is 18.0 Å². The Morgan fingerprint density at radius 2 is 2.21 bits per heavy atom. The van der Waals surface area contributed by atoms with Gasteiger partial charge in [0.05, 0.1) is 11.6 Å². The van der Waals surface area contributed by atoms with Crippen LogP contribution in [0.25, 0.3) is 0 Å². The van der Waals surface area contributed by atoms with Gasteiger partial charge in [-0.1, -0.05) is 29.3 Å². The van der Waals surface area contributed by atoms with Crippen LogP contribution in [0.15, 0.2) is 12.1 Å². The van der Waals surface area contributed by atoms with Gasteiger partial charge >= 0.3 is 0 Å². The zero-order valence-electron chi connectivity index (χ0n) is 7.81. The normalized spacial score (nSPS) is 20.1. The quantitative estimate of drug-likeness (QED) is 0.803. The van der Waals surface area contributed by atoms with Crippen LogP contribution in [0.4, 0.5) is 0 Å². The van der Waals surface area contributed by atoms with Crippen molar-refractivity contribution in [2.45, 2.75) is 12.5 Å². The third-order valence-electron chi connectivity index (χ3n) is 2.46. The maximum Gasteiger partial charge on any atom is 0.144 e. The summed E-state index contributed by atoms with van der Waals surface area (Å²) in [5.41, 5.74) is 1.09. The molecule has 14 heavy (non-hydrogen) atoms. The molecule has 1 atom stereocenters. The summed E-state index contributed by atoms with van der Waals surface area (Å²) < 4.78 is 5.51. The topological polar surface area (TPSA) is 21.3 Å². The molecule has 0 aromatic heterocycles. The average Bonchev–Trinajstić information content (AvgIpc) is 2.23. The molecule has 2 nitrogen and oxygen atoms in total. The van der Waals surface area contributed by atoms with E-state index in [4.69, 9.17) is 27.9 Å². The summed E-state index contributed by atoms with van der Waals surface area (Å²) in [4.78, 5) is 0. The van der Waals surface area contributed by atoms with Gasteiger partial charge in [-0.15, -0.1) is 0 Å². The van der Waals surface area contributed by atoms with Crippen LogP contribution >= 0.6 is 23.2 Å². The summed E-state index contributed by atoms with van der Waals surface area (Å²) in [5, 5.41) is 4.29. The van der Waals surface area contributed by atoms with E-state index in [2.05, 4.69) is 5.32 Å². The molecule has 0 saturated heterocycles. The average molecular weight is 232 g/mol. The Morgan fingerprint density at radius 1 is 1.43 bits per heavy atom. The fraction of sp³-hybridized carbons (Fsp3) is 0.400. The number of fused-ring (bicyclic) bond motifs is 1. The molecule has 0 fully saturated rings. The van der Waals surface area contributed by atoms with Gasteiger partial charge in [0.1, 0.15) is 10.8 Å². The lowest BCUT2D eigenvalue weighted by Gasteiger charge is -2.26. The Hall–Kier alpha value is -0.440. The van der Waals surface area contributed by atoms with Crippen molar-refractivity contribution in [1.29, 1.82) is 0 Å². The van der Waals surface area contributed by atoms with Crippen molar-refractivity contribution in [3.05, 3.63) is 27.7 Å². The molecule has 1 aromatic carbocycles. The van der Waals surface area contributed by atoms with Gasteiger partial charge in [-0.3, -0.25) is 0 Å². The van der Waals surface area contributed by atoms with Gasteiger partial charge < -0.3 is 10.1 Å². The third-order valence-corrected chi connectivity index (χ3v) is 3.24. The predicted octanol–water partition coefficient (Wildman–Crippen LogP) is 3.04. The van der Waals surface area contributed by atoms with Crippen LogP contribution in [0.2, 0.25) is 10.0 Å². The molecule has 76 valence electrons. The van der Waals surface area contributed by atoms with Crippen molar-refractivity contribution in [2.24, 2.45) is 0 Å². The van der Waals surface area contributed by atoms with Gasteiger partial charge in [-0.2, -0.15) is 0 Å². The molecule has 4 heteroatoms. The highest BCUT2D eigenvalue weighted by atomic mass is 35.5. The number of rotatable bonds is 1. The maximum absolute atomic E-state index is 6.05. The summed E-state index contributed by atoms with van der Waals surface area (Å²) in [5.74, 6) is 0.727. The van der Waals surface area contributed by atoms with Crippen LogP contribution in [-0.2, 0) is 0 Å². The number of benzene rings is 1. The van der Waals surface area contributed by atoms with E-state index in [1.807, 2.05) is 19.2 Å². The van der Waals surface area contributed by atoms with E-state index in [1.165, 1.54) is 0 Å². The summed E-state index contributed by atoms with van der Waals surface area (Å²) in [6, 6.07) is 4.08. The minimum absolute atomic E-state index is 0.313. The van der Waals surface area contributed by atoms with Crippen molar-refractivity contribution < 1.29 is 4.74 Å². The fourth-order valence-electron chi connectivity index (χ4n) is 1.70. The van der Waals surface area contributed by atoms with E-state index in [-0.39, 0.29) is 0 Å². The number of halogens is 2. The lowest BCUT2D eigenvalue weighted by Crippen LogP contribution is -2.24. The van der Waals surface area contributed by atoms with Gasteiger partial charge in [0.25, 0.3) is 0 Å². The van der Waals surface area contributed by atoms with Gasteiger partial charge in [-0.05, 0) is 13.1 Å². The summed E-state index contributed by atoms with van der Waals surface area (Å²) in [7, 11) is 1.93. The van der Waals surface area contributed by atoms with E-state index in [1.54, 1.807) is 0 Å².